The van der Waals surface area contributed by atoms with E-state index in [0.717, 1.165) is 43.8 Å². The minimum atomic E-state index is -0.287. The van der Waals surface area contributed by atoms with Crippen molar-refractivity contribution in [2.24, 2.45) is 0 Å². The lowest BCUT2D eigenvalue weighted by Crippen LogP contribution is -2.16. The third kappa shape index (κ3) is 4.89. The summed E-state index contributed by atoms with van der Waals surface area (Å²) in [7, 11) is 1.40. The number of nitrogens with zero attached hydrogens (tertiary/aromatic N) is 2. The molecule has 188 valence electrons. The van der Waals surface area contributed by atoms with Crippen LogP contribution in [0.3, 0.4) is 0 Å². The first-order chi connectivity index (χ1) is 18.2. The van der Waals surface area contributed by atoms with E-state index in [0.29, 0.717) is 5.69 Å². The predicted octanol–water partition coefficient (Wildman–Crippen LogP) is 5.95. The number of hydrogen-bond donors (Lipinski definition) is 0. The molecule has 2 heterocycles. The molecule has 0 unspecified atom stereocenters. The Morgan fingerprint density at radius 3 is 2.51 bits per heavy atom. The van der Waals surface area contributed by atoms with Gasteiger partial charge in [-0.05, 0) is 58.4 Å². The van der Waals surface area contributed by atoms with Gasteiger partial charge in [0.15, 0.2) is 0 Å². The summed E-state index contributed by atoms with van der Waals surface area (Å²) in [5.41, 5.74) is 8.69. The zero-order valence-electron chi connectivity index (χ0n) is 20.9. The average molecular weight is 495 g/mol. The maximum Gasteiger partial charge on any atom is 0.306 e. The molecule has 3 aromatic carbocycles. The summed E-state index contributed by atoms with van der Waals surface area (Å²) in [4.78, 5) is 14.5. The quantitative estimate of drug-likeness (QED) is 0.282. The molecule has 1 aliphatic heterocycles. The number of hydrogen-bond acceptors (Lipinski definition) is 6. The number of esters is 1. The van der Waals surface area contributed by atoms with Crippen molar-refractivity contribution in [2.45, 2.75) is 50.9 Å². The predicted molar refractivity (Wildman–Crippen MR) is 139 cm³/mol. The third-order valence-corrected chi connectivity index (χ3v) is 7.59. The molecule has 6 rings (SSSR count). The lowest BCUT2D eigenvalue weighted by Gasteiger charge is -2.19. The van der Waals surface area contributed by atoms with Gasteiger partial charge in [0.25, 0.3) is 0 Å². The molecule has 1 aliphatic carbocycles. The molecule has 6 nitrogen and oxygen atoms in total. The van der Waals surface area contributed by atoms with Crippen molar-refractivity contribution in [3.05, 3.63) is 118 Å². The summed E-state index contributed by atoms with van der Waals surface area (Å²) in [5.74, 6) is 0.301. The Labute approximate surface area is 216 Å². The van der Waals surface area contributed by atoms with Gasteiger partial charge in [0.05, 0.1) is 19.2 Å². The molecule has 1 aromatic heterocycles. The van der Waals surface area contributed by atoms with Crippen molar-refractivity contribution in [3.63, 3.8) is 0 Å². The highest BCUT2D eigenvalue weighted by atomic mass is 16.5. The van der Waals surface area contributed by atoms with Crippen LogP contribution < -0.4 is 4.74 Å². The van der Waals surface area contributed by atoms with Crippen molar-refractivity contribution in [1.29, 1.82) is 0 Å². The van der Waals surface area contributed by atoms with Crippen LogP contribution in [0.15, 0.2) is 83.6 Å². The first-order valence-corrected chi connectivity index (χ1v) is 12.8. The monoisotopic (exact) mass is 494 g/mol. The Hall–Kier alpha value is -3.90. The van der Waals surface area contributed by atoms with Gasteiger partial charge in [0.1, 0.15) is 18.1 Å². The van der Waals surface area contributed by atoms with E-state index >= 15 is 0 Å². The molecule has 0 saturated heterocycles. The summed E-state index contributed by atoms with van der Waals surface area (Å²) in [6.45, 7) is 2.98. The SMILES string of the molecule is COC(=O)C[C@@H](c1ccc(O[C@@H]2CCc3c(CN4Cc5ccccc5C4)cccc32)cc1)c1ccon1. The summed E-state index contributed by atoms with van der Waals surface area (Å²) < 4.78 is 16.4. The van der Waals surface area contributed by atoms with Crippen LogP contribution in [-0.2, 0) is 35.6 Å². The normalized spacial score (nSPS) is 17.3. The number of benzene rings is 3. The number of methoxy groups -OCH3 is 1. The van der Waals surface area contributed by atoms with Crippen LogP contribution in [0.1, 0.15) is 63.9 Å². The van der Waals surface area contributed by atoms with Gasteiger partial charge in [-0.15, -0.1) is 0 Å². The van der Waals surface area contributed by atoms with Crippen molar-refractivity contribution in [1.82, 2.24) is 10.1 Å². The number of aromatic nitrogens is 1. The van der Waals surface area contributed by atoms with Crippen molar-refractivity contribution in [3.8, 4) is 5.75 Å². The second-order valence-corrected chi connectivity index (χ2v) is 9.87. The van der Waals surface area contributed by atoms with E-state index in [1.165, 1.54) is 41.2 Å². The summed E-state index contributed by atoms with van der Waals surface area (Å²) >= 11 is 0. The first kappa shape index (κ1) is 23.5. The van der Waals surface area contributed by atoms with Gasteiger partial charge in [-0.25, -0.2) is 0 Å². The van der Waals surface area contributed by atoms with E-state index in [2.05, 4.69) is 52.5 Å². The molecule has 0 spiro atoms. The third-order valence-electron chi connectivity index (χ3n) is 7.59. The van der Waals surface area contributed by atoms with Crippen LogP contribution >= 0.6 is 0 Å². The van der Waals surface area contributed by atoms with Gasteiger partial charge in [-0.2, -0.15) is 0 Å². The molecule has 0 bridgehead atoms. The van der Waals surface area contributed by atoms with Crippen LogP contribution in [0.5, 0.6) is 5.75 Å². The minimum Gasteiger partial charge on any atom is -0.486 e. The van der Waals surface area contributed by atoms with E-state index in [9.17, 15) is 4.79 Å². The van der Waals surface area contributed by atoms with Gasteiger partial charge in [0, 0.05) is 31.6 Å². The van der Waals surface area contributed by atoms with E-state index in [4.69, 9.17) is 14.0 Å². The maximum absolute atomic E-state index is 12.0. The Balaban J connectivity index is 1.15. The number of rotatable bonds is 8. The topological polar surface area (TPSA) is 64.8 Å². The molecule has 0 N–H and O–H groups in total. The highest BCUT2D eigenvalue weighted by Gasteiger charge is 2.28. The second kappa shape index (κ2) is 10.2. The smallest absolute Gasteiger partial charge is 0.306 e. The molecule has 0 saturated carbocycles. The van der Waals surface area contributed by atoms with Crippen LogP contribution in [-0.4, -0.2) is 23.1 Å². The minimum absolute atomic E-state index is 0.0398. The zero-order valence-corrected chi connectivity index (χ0v) is 20.9. The average Bonchev–Trinajstić information content (AvgIpc) is 3.68. The Morgan fingerprint density at radius 2 is 1.81 bits per heavy atom. The van der Waals surface area contributed by atoms with Crippen LogP contribution in [0.4, 0.5) is 0 Å². The fraction of sp³-hybridized carbons (Fsp3) is 0.290. The van der Waals surface area contributed by atoms with Crippen molar-refractivity contribution >= 4 is 5.97 Å². The van der Waals surface area contributed by atoms with E-state index in [-0.39, 0.29) is 24.4 Å². The summed E-state index contributed by atoms with van der Waals surface area (Å²) in [6, 6.07) is 25.1. The van der Waals surface area contributed by atoms with Crippen LogP contribution in [0.25, 0.3) is 0 Å². The van der Waals surface area contributed by atoms with Crippen molar-refractivity contribution in [2.75, 3.05) is 7.11 Å². The highest BCUT2D eigenvalue weighted by Crippen LogP contribution is 2.38. The zero-order chi connectivity index (χ0) is 25.2. The van der Waals surface area contributed by atoms with Gasteiger partial charge in [-0.3, -0.25) is 9.69 Å². The molecule has 2 aliphatic rings. The largest absolute Gasteiger partial charge is 0.486 e. The van der Waals surface area contributed by atoms with Crippen molar-refractivity contribution < 1.29 is 18.8 Å². The number of carbonyl (C=O) groups excluding carboxylic acids is 1. The molecule has 37 heavy (non-hydrogen) atoms. The fourth-order valence-electron chi connectivity index (χ4n) is 5.71. The van der Waals surface area contributed by atoms with Gasteiger partial charge in [0.2, 0.25) is 0 Å². The molecule has 6 heteroatoms. The van der Waals surface area contributed by atoms with Crippen LogP contribution in [0.2, 0.25) is 0 Å². The Morgan fingerprint density at radius 1 is 1.03 bits per heavy atom. The number of fused-ring (bicyclic) bond motifs is 2. The molecule has 2 atom stereocenters. The summed E-state index contributed by atoms with van der Waals surface area (Å²) in [5, 5.41) is 4.05. The molecule has 0 radical (unpaired) electrons. The standard InChI is InChI=1S/C31H30N2O4/c1-35-31(34)17-28(29-15-16-36-32-29)21-9-11-25(12-10-21)37-30-14-13-26-24(7-4-8-27(26)30)20-33-18-22-5-2-3-6-23(22)19-33/h2-12,15-16,28,30H,13-14,17-20H2,1H3/t28-,30+/m0/s1. The van der Waals surface area contributed by atoms with Gasteiger partial charge < -0.3 is 14.0 Å². The molecule has 0 amide bonds. The highest BCUT2D eigenvalue weighted by molar-refractivity contribution is 5.71. The van der Waals surface area contributed by atoms with E-state index in [1.807, 2.05) is 24.3 Å². The Kier molecular flexibility index (Phi) is 6.49. The van der Waals surface area contributed by atoms with Gasteiger partial charge >= 0.3 is 5.97 Å². The number of ether oxygens (including phenoxy) is 2. The molecular formula is C31H30N2O4. The lowest BCUT2D eigenvalue weighted by atomic mass is 9.92. The molecule has 4 aromatic rings. The maximum atomic E-state index is 12.0. The number of carbonyl (C=O) groups is 1. The first-order valence-electron chi connectivity index (χ1n) is 12.8. The van der Waals surface area contributed by atoms with Gasteiger partial charge in [-0.1, -0.05) is 59.8 Å². The summed E-state index contributed by atoms with van der Waals surface area (Å²) in [6.07, 6.45) is 3.76. The Bertz CT molecular complexity index is 1360. The lowest BCUT2D eigenvalue weighted by molar-refractivity contribution is -0.140. The van der Waals surface area contributed by atoms with Crippen LogP contribution in [0, 0.1) is 0 Å². The van der Waals surface area contributed by atoms with E-state index in [1.54, 1.807) is 6.07 Å². The molecule has 0 fully saturated rings. The molecular weight excluding hydrogens is 464 g/mol. The second-order valence-electron chi connectivity index (χ2n) is 9.87. The fourth-order valence-corrected chi connectivity index (χ4v) is 5.71. The van der Waals surface area contributed by atoms with E-state index < -0.39 is 0 Å².